The van der Waals surface area contributed by atoms with E-state index in [0.717, 1.165) is 17.8 Å². The summed E-state index contributed by atoms with van der Waals surface area (Å²) in [5.41, 5.74) is 0.917. The molecule has 2 aromatic carbocycles. The SMILES string of the molecule is Cc1nc(NC(=O)Cc2ccc(F)cc2F)nn1-c1ccccc1. The lowest BCUT2D eigenvalue weighted by molar-refractivity contribution is -0.115. The van der Waals surface area contributed by atoms with Gasteiger partial charge in [0, 0.05) is 6.07 Å². The number of rotatable bonds is 4. The molecule has 0 saturated heterocycles. The smallest absolute Gasteiger partial charge is 0.249 e. The van der Waals surface area contributed by atoms with Crippen LogP contribution in [0.4, 0.5) is 14.7 Å². The van der Waals surface area contributed by atoms with Crippen LogP contribution in [0.1, 0.15) is 11.4 Å². The van der Waals surface area contributed by atoms with Crippen LogP contribution in [0.25, 0.3) is 5.69 Å². The minimum Gasteiger partial charge on any atom is -0.293 e. The predicted molar refractivity (Wildman–Crippen MR) is 84.8 cm³/mol. The molecule has 0 unspecified atom stereocenters. The van der Waals surface area contributed by atoms with E-state index in [1.165, 1.54) is 6.07 Å². The van der Waals surface area contributed by atoms with E-state index in [2.05, 4.69) is 15.4 Å². The van der Waals surface area contributed by atoms with Crippen LogP contribution in [0.3, 0.4) is 0 Å². The van der Waals surface area contributed by atoms with Gasteiger partial charge in [0.05, 0.1) is 12.1 Å². The third-order valence-electron chi connectivity index (χ3n) is 3.39. The minimum absolute atomic E-state index is 0.105. The van der Waals surface area contributed by atoms with Crippen LogP contribution in [-0.2, 0) is 11.2 Å². The molecule has 5 nitrogen and oxygen atoms in total. The first-order valence-electron chi connectivity index (χ1n) is 7.26. The van der Waals surface area contributed by atoms with Crippen molar-refractivity contribution in [1.29, 1.82) is 0 Å². The van der Waals surface area contributed by atoms with Crippen molar-refractivity contribution in [3.05, 3.63) is 71.6 Å². The monoisotopic (exact) mass is 328 g/mol. The molecule has 122 valence electrons. The van der Waals surface area contributed by atoms with Crippen molar-refractivity contribution >= 4 is 11.9 Å². The summed E-state index contributed by atoms with van der Waals surface area (Å²) in [7, 11) is 0. The van der Waals surface area contributed by atoms with Crippen molar-refractivity contribution in [3.8, 4) is 5.69 Å². The third-order valence-corrected chi connectivity index (χ3v) is 3.39. The highest BCUT2D eigenvalue weighted by Crippen LogP contribution is 2.13. The molecule has 0 atom stereocenters. The van der Waals surface area contributed by atoms with Crippen LogP contribution in [-0.4, -0.2) is 20.7 Å². The van der Waals surface area contributed by atoms with E-state index in [9.17, 15) is 13.6 Å². The van der Waals surface area contributed by atoms with Gasteiger partial charge < -0.3 is 0 Å². The molecule has 0 bridgehead atoms. The fourth-order valence-electron chi connectivity index (χ4n) is 2.26. The van der Waals surface area contributed by atoms with Gasteiger partial charge in [0.25, 0.3) is 0 Å². The van der Waals surface area contributed by atoms with Gasteiger partial charge in [0.1, 0.15) is 17.5 Å². The third kappa shape index (κ3) is 3.45. The molecule has 1 N–H and O–H groups in total. The molecule has 0 aliphatic carbocycles. The highest BCUT2D eigenvalue weighted by atomic mass is 19.1. The van der Waals surface area contributed by atoms with Crippen LogP contribution in [0.5, 0.6) is 0 Å². The highest BCUT2D eigenvalue weighted by molar-refractivity contribution is 5.90. The molecule has 3 aromatic rings. The van der Waals surface area contributed by atoms with Crippen molar-refractivity contribution in [2.75, 3.05) is 5.32 Å². The lowest BCUT2D eigenvalue weighted by atomic mass is 10.1. The maximum atomic E-state index is 13.6. The molecular weight excluding hydrogens is 314 g/mol. The number of nitrogens with zero attached hydrogens (tertiary/aromatic N) is 3. The Labute approximate surface area is 137 Å². The summed E-state index contributed by atoms with van der Waals surface area (Å²) in [5, 5.41) is 6.74. The zero-order valence-electron chi connectivity index (χ0n) is 12.8. The van der Waals surface area contributed by atoms with Gasteiger partial charge >= 0.3 is 0 Å². The van der Waals surface area contributed by atoms with Crippen LogP contribution in [0, 0.1) is 18.6 Å². The van der Waals surface area contributed by atoms with Gasteiger partial charge in [-0.1, -0.05) is 24.3 Å². The normalized spacial score (nSPS) is 10.6. The van der Waals surface area contributed by atoms with Gasteiger partial charge in [-0.25, -0.2) is 13.5 Å². The molecule has 0 fully saturated rings. The molecule has 3 rings (SSSR count). The van der Waals surface area contributed by atoms with Crippen molar-refractivity contribution in [3.63, 3.8) is 0 Å². The first-order chi connectivity index (χ1) is 11.5. The van der Waals surface area contributed by atoms with Crippen molar-refractivity contribution < 1.29 is 13.6 Å². The van der Waals surface area contributed by atoms with Crippen LogP contribution in [0.15, 0.2) is 48.5 Å². The number of carbonyl (C=O) groups is 1. The molecule has 0 aliphatic heterocycles. The van der Waals surface area contributed by atoms with Gasteiger partial charge in [-0.3, -0.25) is 10.1 Å². The number of hydrogen-bond acceptors (Lipinski definition) is 3. The molecule has 7 heteroatoms. The Hall–Kier alpha value is -3.09. The van der Waals surface area contributed by atoms with E-state index in [0.29, 0.717) is 5.82 Å². The highest BCUT2D eigenvalue weighted by Gasteiger charge is 2.13. The Balaban J connectivity index is 1.73. The van der Waals surface area contributed by atoms with E-state index in [1.807, 2.05) is 30.3 Å². The molecular formula is C17H14F2N4O. The van der Waals surface area contributed by atoms with E-state index < -0.39 is 17.5 Å². The lowest BCUT2D eigenvalue weighted by Crippen LogP contribution is -2.16. The summed E-state index contributed by atoms with van der Waals surface area (Å²) in [6, 6.07) is 12.4. The van der Waals surface area contributed by atoms with Crippen LogP contribution in [0.2, 0.25) is 0 Å². The molecule has 0 saturated carbocycles. The van der Waals surface area contributed by atoms with E-state index in [1.54, 1.807) is 11.6 Å². The minimum atomic E-state index is -0.760. The van der Waals surface area contributed by atoms with Gasteiger partial charge in [-0.05, 0) is 30.7 Å². The predicted octanol–water partition coefficient (Wildman–Crippen LogP) is 3.04. The topological polar surface area (TPSA) is 59.8 Å². The molecule has 1 amide bonds. The van der Waals surface area contributed by atoms with Gasteiger partial charge in [-0.2, -0.15) is 4.98 Å². The molecule has 0 radical (unpaired) electrons. The summed E-state index contributed by atoms with van der Waals surface area (Å²) in [6.45, 7) is 1.76. The fraction of sp³-hybridized carbons (Fsp3) is 0.118. The van der Waals surface area contributed by atoms with Crippen molar-refractivity contribution in [1.82, 2.24) is 14.8 Å². The number of anilines is 1. The standard InChI is InChI=1S/C17H14F2N4O/c1-11-20-17(22-23(11)14-5-3-2-4-6-14)21-16(24)9-12-7-8-13(18)10-15(12)19/h2-8,10H,9H2,1H3,(H,21,22,24). The number of halogens is 2. The summed E-state index contributed by atoms with van der Waals surface area (Å²) in [4.78, 5) is 16.2. The van der Waals surface area contributed by atoms with E-state index >= 15 is 0 Å². The van der Waals surface area contributed by atoms with Gasteiger partial charge in [0.2, 0.25) is 11.9 Å². The second-order valence-corrected chi connectivity index (χ2v) is 5.19. The number of aryl methyl sites for hydroxylation is 1. The van der Waals surface area contributed by atoms with Gasteiger partial charge in [-0.15, -0.1) is 5.10 Å². The molecule has 1 aromatic heterocycles. The average Bonchev–Trinajstić information content (AvgIpc) is 2.91. The van der Waals surface area contributed by atoms with Gasteiger partial charge in [0.15, 0.2) is 0 Å². The second-order valence-electron chi connectivity index (χ2n) is 5.19. The van der Waals surface area contributed by atoms with Crippen molar-refractivity contribution in [2.24, 2.45) is 0 Å². The Morgan fingerprint density at radius 3 is 2.62 bits per heavy atom. The summed E-state index contributed by atoms with van der Waals surface area (Å²) < 4.78 is 28.1. The molecule has 0 spiro atoms. The number of nitrogens with one attached hydrogen (secondary N) is 1. The van der Waals surface area contributed by atoms with E-state index in [-0.39, 0.29) is 17.9 Å². The number of aromatic nitrogens is 3. The Morgan fingerprint density at radius 1 is 1.17 bits per heavy atom. The van der Waals surface area contributed by atoms with E-state index in [4.69, 9.17) is 0 Å². The number of carbonyl (C=O) groups excluding carboxylic acids is 1. The zero-order chi connectivity index (χ0) is 17.1. The molecule has 24 heavy (non-hydrogen) atoms. The molecule has 0 aliphatic rings. The zero-order valence-corrected chi connectivity index (χ0v) is 12.8. The Bertz CT molecular complexity index is 878. The number of amides is 1. The van der Waals surface area contributed by atoms with Crippen LogP contribution < -0.4 is 5.32 Å². The maximum absolute atomic E-state index is 13.6. The first-order valence-corrected chi connectivity index (χ1v) is 7.26. The second kappa shape index (κ2) is 6.57. The quantitative estimate of drug-likeness (QED) is 0.801. The fourth-order valence-corrected chi connectivity index (χ4v) is 2.26. The average molecular weight is 328 g/mol. The van der Waals surface area contributed by atoms with Crippen LogP contribution >= 0.6 is 0 Å². The Kier molecular flexibility index (Phi) is 4.33. The summed E-state index contributed by atoms with van der Waals surface area (Å²) in [5.74, 6) is -1.20. The first kappa shape index (κ1) is 15.8. The Morgan fingerprint density at radius 2 is 1.92 bits per heavy atom. The number of benzene rings is 2. The number of para-hydroxylation sites is 1. The lowest BCUT2D eigenvalue weighted by Gasteiger charge is -2.03. The largest absolute Gasteiger partial charge is 0.293 e. The maximum Gasteiger partial charge on any atom is 0.249 e. The van der Waals surface area contributed by atoms with Crippen molar-refractivity contribution in [2.45, 2.75) is 13.3 Å². The summed E-state index contributed by atoms with van der Waals surface area (Å²) >= 11 is 0. The number of hydrogen-bond donors (Lipinski definition) is 1. The molecule has 1 heterocycles. The summed E-state index contributed by atoms with van der Waals surface area (Å²) in [6.07, 6.45) is -0.231.